The fourth-order valence-corrected chi connectivity index (χ4v) is 3.09. The maximum absolute atomic E-state index is 12.9. The van der Waals surface area contributed by atoms with E-state index in [1.165, 1.54) is 10.8 Å². The normalized spacial score (nSPS) is 10.7. The average Bonchev–Trinajstić information content (AvgIpc) is 3.13. The summed E-state index contributed by atoms with van der Waals surface area (Å²) in [6.45, 7) is 0.443. The lowest BCUT2D eigenvalue weighted by Crippen LogP contribution is -2.10. The maximum atomic E-state index is 12.9. The molecule has 0 unspecified atom stereocenters. The minimum absolute atomic E-state index is 0.103. The number of aromatic carboxylic acids is 1. The Balaban J connectivity index is 1.57. The predicted octanol–water partition coefficient (Wildman–Crippen LogP) is 4.61. The lowest BCUT2D eigenvalue weighted by atomic mass is 10.2. The van der Waals surface area contributed by atoms with Gasteiger partial charge in [-0.15, -0.1) is 0 Å². The first-order valence-corrected chi connectivity index (χ1v) is 8.78. The molecule has 5 nitrogen and oxygen atoms in total. The summed E-state index contributed by atoms with van der Waals surface area (Å²) in [5.41, 5.74) is 2.17. The molecular weight excluding hydrogens is 354 g/mol. The van der Waals surface area contributed by atoms with Crippen LogP contribution in [0.2, 0.25) is 0 Å². The second kappa shape index (κ2) is 7.40. The van der Waals surface area contributed by atoms with Crippen LogP contribution in [0.4, 0.5) is 0 Å². The van der Waals surface area contributed by atoms with Gasteiger partial charge in [0.1, 0.15) is 12.4 Å². The molecule has 4 aromatic rings. The molecule has 138 valence electrons. The molecule has 0 aliphatic heterocycles. The van der Waals surface area contributed by atoms with Crippen LogP contribution in [0, 0.1) is 0 Å². The smallest absolute Gasteiger partial charge is 0.337 e. The van der Waals surface area contributed by atoms with Crippen LogP contribution in [0.25, 0.3) is 10.9 Å². The molecule has 3 aromatic carbocycles. The lowest BCUT2D eigenvalue weighted by Gasteiger charge is -2.08. The van der Waals surface area contributed by atoms with E-state index in [-0.39, 0.29) is 11.5 Å². The van der Waals surface area contributed by atoms with Crippen molar-refractivity contribution in [3.05, 3.63) is 102 Å². The van der Waals surface area contributed by atoms with Crippen molar-refractivity contribution < 1.29 is 19.4 Å². The summed E-state index contributed by atoms with van der Waals surface area (Å²) in [6, 6.07) is 23.6. The Kier molecular flexibility index (Phi) is 4.64. The molecule has 0 aliphatic rings. The SMILES string of the molecule is O=C(O)c1cn(C(=O)c2ccc(OCc3ccccc3)cc2)c2ccccc12. The van der Waals surface area contributed by atoms with Crippen LogP contribution >= 0.6 is 0 Å². The number of hydrogen-bond donors (Lipinski definition) is 1. The number of ether oxygens (including phenoxy) is 1. The molecule has 1 heterocycles. The fraction of sp³-hybridized carbons (Fsp3) is 0.0435. The molecule has 5 heteroatoms. The van der Waals surface area contributed by atoms with Gasteiger partial charge in [0.25, 0.3) is 5.91 Å². The van der Waals surface area contributed by atoms with Gasteiger partial charge in [-0.1, -0.05) is 48.5 Å². The Morgan fingerprint density at radius 1 is 0.857 bits per heavy atom. The average molecular weight is 371 g/mol. The number of carbonyl (C=O) groups excluding carboxylic acids is 1. The summed E-state index contributed by atoms with van der Waals surface area (Å²) in [5.74, 6) is -0.699. The summed E-state index contributed by atoms with van der Waals surface area (Å²) in [6.07, 6.45) is 1.37. The van der Waals surface area contributed by atoms with Crippen molar-refractivity contribution in [3.8, 4) is 5.75 Å². The van der Waals surface area contributed by atoms with Crippen molar-refractivity contribution in [3.63, 3.8) is 0 Å². The second-order valence-electron chi connectivity index (χ2n) is 6.34. The highest BCUT2D eigenvalue weighted by Gasteiger charge is 2.18. The third-order valence-corrected chi connectivity index (χ3v) is 4.51. The van der Waals surface area contributed by atoms with E-state index in [2.05, 4.69) is 0 Å². The number of carboxylic acids is 1. The van der Waals surface area contributed by atoms with Crippen LogP contribution in [0.5, 0.6) is 5.75 Å². The Morgan fingerprint density at radius 2 is 1.54 bits per heavy atom. The van der Waals surface area contributed by atoms with Crippen molar-refractivity contribution in [1.29, 1.82) is 0 Å². The van der Waals surface area contributed by atoms with Gasteiger partial charge in [0.15, 0.2) is 0 Å². The monoisotopic (exact) mass is 371 g/mol. The molecular formula is C23H17NO4. The minimum Gasteiger partial charge on any atom is -0.489 e. The van der Waals surface area contributed by atoms with Crippen LogP contribution in [-0.4, -0.2) is 21.6 Å². The van der Waals surface area contributed by atoms with E-state index in [0.717, 1.165) is 5.56 Å². The zero-order valence-corrected chi connectivity index (χ0v) is 14.9. The highest BCUT2D eigenvalue weighted by atomic mass is 16.5. The fourth-order valence-electron chi connectivity index (χ4n) is 3.09. The van der Waals surface area contributed by atoms with E-state index in [4.69, 9.17) is 4.74 Å². The topological polar surface area (TPSA) is 68.5 Å². The first-order valence-electron chi connectivity index (χ1n) is 8.78. The molecule has 0 bridgehead atoms. The van der Waals surface area contributed by atoms with E-state index >= 15 is 0 Å². The number of para-hydroxylation sites is 1. The zero-order valence-electron chi connectivity index (χ0n) is 14.9. The van der Waals surface area contributed by atoms with Gasteiger partial charge in [-0.3, -0.25) is 9.36 Å². The summed E-state index contributed by atoms with van der Waals surface area (Å²) in [5, 5.41) is 9.93. The largest absolute Gasteiger partial charge is 0.489 e. The number of fused-ring (bicyclic) bond motifs is 1. The van der Waals surface area contributed by atoms with Crippen molar-refractivity contribution >= 4 is 22.8 Å². The van der Waals surface area contributed by atoms with Crippen LogP contribution in [-0.2, 0) is 6.61 Å². The van der Waals surface area contributed by atoms with Crippen LogP contribution in [0.15, 0.2) is 85.1 Å². The van der Waals surface area contributed by atoms with Gasteiger partial charge in [0.2, 0.25) is 0 Å². The summed E-state index contributed by atoms with van der Waals surface area (Å²) in [7, 11) is 0. The first-order chi connectivity index (χ1) is 13.6. The summed E-state index contributed by atoms with van der Waals surface area (Å²) < 4.78 is 7.12. The molecule has 0 radical (unpaired) electrons. The van der Waals surface area contributed by atoms with E-state index < -0.39 is 5.97 Å². The number of aromatic nitrogens is 1. The summed E-state index contributed by atoms with van der Waals surface area (Å²) in [4.78, 5) is 24.4. The van der Waals surface area contributed by atoms with Gasteiger partial charge in [0, 0.05) is 17.1 Å². The second-order valence-corrected chi connectivity index (χ2v) is 6.34. The standard InChI is InChI=1S/C23H17NO4/c25-22(24-14-20(23(26)27)19-8-4-5-9-21(19)24)17-10-12-18(13-11-17)28-15-16-6-2-1-3-7-16/h1-14H,15H2,(H,26,27). The Hall–Kier alpha value is -3.86. The minimum atomic E-state index is -1.06. The number of rotatable bonds is 5. The number of benzene rings is 3. The van der Waals surface area contributed by atoms with Gasteiger partial charge in [0.05, 0.1) is 11.1 Å². The highest BCUT2D eigenvalue weighted by molar-refractivity contribution is 6.09. The van der Waals surface area contributed by atoms with Crippen LogP contribution < -0.4 is 4.74 Å². The lowest BCUT2D eigenvalue weighted by molar-refractivity contribution is 0.0699. The zero-order chi connectivity index (χ0) is 19.5. The van der Waals surface area contributed by atoms with Gasteiger partial charge >= 0.3 is 5.97 Å². The van der Waals surface area contributed by atoms with E-state index in [1.54, 1.807) is 48.5 Å². The van der Waals surface area contributed by atoms with E-state index in [9.17, 15) is 14.7 Å². The molecule has 4 rings (SSSR count). The van der Waals surface area contributed by atoms with E-state index in [1.807, 2.05) is 30.3 Å². The predicted molar refractivity (Wildman–Crippen MR) is 106 cm³/mol. The third-order valence-electron chi connectivity index (χ3n) is 4.51. The van der Waals surface area contributed by atoms with Crippen molar-refractivity contribution in [2.24, 2.45) is 0 Å². The van der Waals surface area contributed by atoms with Crippen molar-refractivity contribution in [1.82, 2.24) is 4.57 Å². The summed E-state index contributed by atoms with van der Waals surface area (Å²) >= 11 is 0. The Bertz CT molecular complexity index is 1140. The third kappa shape index (κ3) is 3.38. The van der Waals surface area contributed by atoms with Gasteiger partial charge in [-0.05, 0) is 35.9 Å². The van der Waals surface area contributed by atoms with Gasteiger partial charge in [-0.2, -0.15) is 0 Å². The molecule has 28 heavy (non-hydrogen) atoms. The molecule has 1 aromatic heterocycles. The maximum Gasteiger partial charge on any atom is 0.337 e. The van der Waals surface area contributed by atoms with E-state index in [0.29, 0.717) is 28.8 Å². The molecule has 0 atom stereocenters. The van der Waals surface area contributed by atoms with Gasteiger partial charge in [-0.25, -0.2) is 4.79 Å². The molecule has 0 aliphatic carbocycles. The molecule has 0 fully saturated rings. The number of nitrogens with zero attached hydrogens (tertiary/aromatic N) is 1. The van der Waals surface area contributed by atoms with Crippen molar-refractivity contribution in [2.75, 3.05) is 0 Å². The molecule has 0 saturated carbocycles. The van der Waals surface area contributed by atoms with Crippen LogP contribution in [0.1, 0.15) is 26.3 Å². The van der Waals surface area contributed by atoms with Crippen molar-refractivity contribution in [2.45, 2.75) is 6.61 Å². The number of carboxylic acid groups (broad SMARTS) is 1. The number of hydrogen-bond acceptors (Lipinski definition) is 3. The molecule has 0 saturated heterocycles. The highest BCUT2D eigenvalue weighted by Crippen LogP contribution is 2.23. The number of carbonyl (C=O) groups is 2. The first kappa shape index (κ1) is 17.5. The van der Waals surface area contributed by atoms with Gasteiger partial charge < -0.3 is 9.84 Å². The molecule has 1 N–H and O–H groups in total. The molecule has 0 spiro atoms. The Morgan fingerprint density at radius 3 is 2.25 bits per heavy atom. The molecule has 0 amide bonds. The quantitative estimate of drug-likeness (QED) is 0.556. The Labute approximate surface area is 161 Å². The van der Waals surface area contributed by atoms with Crippen LogP contribution in [0.3, 0.4) is 0 Å².